The van der Waals surface area contributed by atoms with Crippen LogP contribution in [0.1, 0.15) is 36.4 Å². The summed E-state index contributed by atoms with van der Waals surface area (Å²) in [4.78, 5) is 14.0. The van der Waals surface area contributed by atoms with Gasteiger partial charge in [0.1, 0.15) is 0 Å². The molecule has 0 spiro atoms. The molecule has 6 heteroatoms. The molecular weight excluding hydrogens is 322 g/mol. The third-order valence-electron chi connectivity index (χ3n) is 4.37. The monoisotopic (exact) mass is 345 g/mol. The predicted molar refractivity (Wildman–Crippen MR) is 97.3 cm³/mol. The number of benzene rings is 1. The van der Waals surface area contributed by atoms with Gasteiger partial charge in [0.15, 0.2) is 0 Å². The standard InChI is InChI=1S/C18H23N3O2S/c1-24-14-8-4-12(5-9-14)17-16(11-19)15(3-2-10-22)18(23)21(20-17)13-6-7-13/h4-5,8-9,13,22H,2-3,6-7,10-11,19H2,1H3. The molecule has 0 aliphatic heterocycles. The smallest absolute Gasteiger partial charge is 0.270 e. The first-order valence-corrected chi connectivity index (χ1v) is 9.52. The maximum atomic E-state index is 12.8. The Bertz CT molecular complexity index is 767. The molecule has 0 saturated heterocycles. The van der Waals surface area contributed by atoms with Gasteiger partial charge >= 0.3 is 0 Å². The zero-order valence-electron chi connectivity index (χ0n) is 13.9. The molecule has 3 N–H and O–H groups in total. The summed E-state index contributed by atoms with van der Waals surface area (Å²) in [5.74, 6) is 0. The third-order valence-corrected chi connectivity index (χ3v) is 5.11. The summed E-state index contributed by atoms with van der Waals surface area (Å²) >= 11 is 1.69. The van der Waals surface area contributed by atoms with Gasteiger partial charge in [0.05, 0.1) is 11.7 Å². The van der Waals surface area contributed by atoms with E-state index in [2.05, 4.69) is 17.2 Å². The van der Waals surface area contributed by atoms with Crippen LogP contribution in [0.2, 0.25) is 0 Å². The fourth-order valence-corrected chi connectivity index (χ4v) is 3.31. The van der Waals surface area contributed by atoms with Crippen LogP contribution >= 0.6 is 11.8 Å². The van der Waals surface area contributed by atoms with Crippen molar-refractivity contribution in [2.75, 3.05) is 12.9 Å². The van der Waals surface area contributed by atoms with E-state index in [1.807, 2.05) is 18.4 Å². The minimum Gasteiger partial charge on any atom is -0.396 e. The number of hydrogen-bond donors (Lipinski definition) is 2. The van der Waals surface area contributed by atoms with Gasteiger partial charge in [-0.3, -0.25) is 4.79 Å². The van der Waals surface area contributed by atoms with Crippen LogP contribution in [-0.4, -0.2) is 27.7 Å². The average molecular weight is 345 g/mol. The lowest BCUT2D eigenvalue weighted by Crippen LogP contribution is -2.29. The topological polar surface area (TPSA) is 81.1 Å². The van der Waals surface area contributed by atoms with Crippen molar-refractivity contribution in [3.05, 3.63) is 45.7 Å². The Morgan fingerprint density at radius 2 is 2.00 bits per heavy atom. The lowest BCUT2D eigenvalue weighted by atomic mass is 9.99. The van der Waals surface area contributed by atoms with Crippen molar-refractivity contribution in [1.82, 2.24) is 9.78 Å². The molecule has 5 nitrogen and oxygen atoms in total. The number of aromatic nitrogens is 2. The van der Waals surface area contributed by atoms with Crippen molar-refractivity contribution in [2.45, 2.75) is 43.2 Å². The highest BCUT2D eigenvalue weighted by atomic mass is 32.2. The lowest BCUT2D eigenvalue weighted by molar-refractivity contribution is 0.288. The van der Waals surface area contributed by atoms with E-state index in [0.29, 0.717) is 18.4 Å². The highest BCUT2D eigenvalue weighted by Crippen LogP contribution is 2.34. The second-order valence-corrected chi connectivity index (χ2v) is 6.93. The molecular formula is C18H23N3O2S. The minimum absolute atomic E-state index is 0.0455. The van der Waals surface area contributed by atoms with E-state index in [4.69, 9.17) is 10.8 Å². The first-order chi connectivity index (χ1) is 11.7. The molecule has 0 unspecified atom stereocenters. The molecule has 1 aromatic carbocycles. The summed E-state index contributed by atoms with van der Waals surface area (Å²) in [7, 11) is 0. The van der Waals surface area contributed by atoms with Crippen LogP contribution in [0.5, 0.6) is 0 Å². The average Bonchev–Trinajstić information content (AvgIpc) is 3.45. The van der Waals surface area contributed by atoms with Crippen LogP contribution in [0.25, 0.3) is 11.3 Å². The Morgan fingerprint density at radius 1 is 1.29 bits per heavy atom. The molecule has 1 saturated carbocycles. The van der Waals surface area contributed by atoms with Gasteiger partial charge in [-0.2, -0.15) is 5.10 Å². The largest absolute Gasteiger partial charge is 0.396 e. The summed E-state index contributed by atoms with van der Waals surface area (Å²) in [5.41, 5.74) is 9.22. The molecule has 0 amide bonds. The van der Waals surface area contributed by atoms with Gasteiger partial charge in [-0.25, -0.2) is 4.68 Å². The van der Waals surface area contributed by atoms with Gasteiger partial charge in [0, 0.05) is 34.7 Å². The van der Waals surface area contributed by atoms with Crippen LogP contribution in [0, 0.1) is 0 Å². The highest BCUT2D eigenvalue weighted by Gasteiger charge is 2.28. The number of aliphatic hydroxyl groups is 1. The maximum Gasteiger partial charge on any atom is 0.270 e. The number of nitrogens with zero attached hydrogens (tertiary/aromatic N) is 2. The van der Waals surface area contributed by atoms with E-state index in [1.54, 1.807) is 16.4 Å². The van der Waals surface area contributed by atoms with E-state index in [0.717, 1.165) is 29.7 Å². The van der Waals surface area contributed by atoms with Crippen molar-refractivity contribution in [2.24, 2.45) is 5.73 Å². The van der Waals surface area contributed by atoms with Crippen molar-refractivity contribution < 1.29 is 5.11 Å². The van der Waals surface area contributed by atoms with Crippen molar-refractivity contribution in [3.63, 3.8) is 0 Å². The molecule has 3 rings (SSSR count). The molecule has 1 fully saturated rings. The number of hydrogen-bond acceptors (Lipinski definition) is 5. The number of aliphatic hydroxyl groups excluding tert-OH is 1. The van der Waals surface area contributed by atoms with E-state index < -0.39 is 0 Å². The minimum atomic E-state index is -0.0455. The van der Waals surface area contributed by atoms with Gasteiger partial charge < -0.3 is 10.8 Å². The Labute approximate surface area is 145 Å². The second-order valence-electron chi connectivity index (χ2n) is 6.05. The highest BCUT2D eigenvalue weighted by molar-refractivity contribution is 7.98. The quantitative estimate of drug-likeness (QED) is 0.753. The summed E-state index contributed by atoms with van der Waals surface area (Å²) in [6, 6.07) is 8.39. The van der Waals surface area contributed by atoms with Gasteiger partial charge in [-0.15, -0.1) is 11.8 Å². The fraction of sp³-hybridized carbons (Fsp3) is 0.444. The Hall–Kier alpha value is -1.63. The molecule has 1 aliphatic rings. The molecule has 1 aliphatic carbocycles. The Kier molecular flexibility index (Phi) is 5.38. The molecule has 0 radical (unpaired) electrons. The molecule has 0 bridgehead atoms. The first kappa shape index (κ1) is 17.2. The lowest BCUT2D eigenvalue weighted by Gasteiger charge is -2.16. The van der Waals surface area contributed by atoms with E-state index in [1.165, 1.54) is 4.90 Å². The van der Waals surface area contributed by atoms with Crippen LogP contribution in [0.3, 0.4) is 0 Å². The van der Waals surface area contributed by atoms with Crippen LogP contribution < -0.4 is 11.3 Å². The number of rotatable bonds is 7. The summed E-state index contributed by atoms with van der Waals surface area (Å²) in [6.45, 7) is 0.334. The zero-order valence-corrected chi connectivity index (χ0v) is 14.7. The Balaban J connectivity index is 2.15. The van der Waals surface area contributed by atoms with E-state index in [-0.39, 0.29) is 24.8 Å². The van der Waals surface area contributed by atoms with Crippen molar-refractivity contribution >= 4 is 11.8 Å². The number of thioether (sulfide) groups is 1. The molecule has 24 heavy (non-hydrogen) atoms. The van der Waals surface area contributed by atoms with Gasteiger partial charge in [-0.05, 0) is 44.1 Å². The molecule has 1 aromatic heterocycles. The summed E-state index contributed by atoms with van der Waals surface area (Å²) in [6.07, 6.45) is 5.13. The van der Waals surface area contributed by atoms with Gasteiger partial charge in [-0.1, -0.05) is 12.1 Å². The molecule has 128 valence electrons. The van der Waals surface area contributed by atoms with Crippen molar-refractivity contribution in [1.29, 1.82) is 0 Å². The third kappa shape index (κ3) is 3.41. The van der Waals surface area contributed by atoms with Crippen LogP contribution in [-0.2, 0) is 13.0 Å². The van der Waals surface area contributed by atoms with E-state index in [9.17, 15) is 4.79 Å². The summed E-state index contributed by atoms with van der Waals surface area (Å²) < 4.78 is 1.63. The molecule has 1 heterocycles. The predicted octanol–water partition coefficient (Wildman–Crippen LogP) is 2.35. The summed E-state index contributed by atoms with van der Waals surface area (Å²) in [5, 5.41) is 13.8. The van der Waals surface area contributed by atoms with Crippen LogP contribution in [0.15, 0.2) is 34.0 Å². The molecule has 2 aromatic rings. The van der Waals surface area contributed by atoms with Gasteiger partial charge in [0.2, 0.25) is 0 Å². The van der Waals surface area contributed by atoms with Crippen LogP contribution in [0.4, 0.5) is 0 Å². The second kappa shape index (κ2) is 7.51. The fourth-order valence-electron chi connectivity index (χ4n) is 2.90. The van der Waals surface area contributed by atoms with Crippen molar-refractivity contribution in [3.8, 4) is 11.3 Å². The molecule has 0 atom stereocenters. The number of nitrogens with two attached hydrogens (primary N) is 1. The Morgan fingerprint density at radius 3 is 2.54 bits per heavy atom. The van der Waals surface area contributed by atoms with E-state index >= 15 is 0 Å². The normalized spacial score (nSPS) is 14.1. The first-order valence-electron chi connectivity index (χ1n) is 8.29. The zero-order chi connectivity index (χ0) is 17.1. The maximum absolute atomic E-state index is 12.8. The SMILES string of the molecule is CSc1ccc(-c2nn(C3CC3)c(=O)c(CCCO)c2CN)cc1. The van der Waals surface area contributed by atoms with Gasteiger partial charge in [0.25, 0.3) is 5.56 Å².